The molecule has 0 bridgehead atoms. The van der Waals surface area contributed by atoms with E-state index in [-0.39, 0.29) is 0 Å². The van der Waals surface area contributed by atoms with Crippen LogP contribution < -0.4 is 9.80 Å². The fourth-order valence-electron chi connectivity index (χ4n) is 9.94. The number of anilines is 6. The van der Waals surface area contributed by atoms with Gasteiger partial charge in [-0.15, -0.1) is 0 Å². The van der Waals surface area contributed by atoms with Crippen molar-refractivity contribution >= 4 is 99.5 Å². The Hall–Kier alpha value is -9.37. The number of hydrogen-bond acceptors (Lipinski definition) is 5. The van der Waals surface area contributed by atoms with E-state index >= 15 is 0 Å². The number of fused-ring (bicyclic) bond motifs is 8. The Balaban J connectivity index is 0.910. The third-order valence-electron chi connectivity index (χ3n) is 13.2. The quantitative estimate of drug-likeness (QED) is 0.152. The van der Waals surface area contributed by atoms with E-state index in [1.807, 2.05) is 24.3 Å². The molecule has 0 saturated carbocycles. The highest BCUT2D eigenvalue weighted by molar-refractivity contribution is 6.20. The standard InChI is InChI=1S/C63H39N3O2/c64-40-59-62-57(55-35-45-27-29-53(33-47(45)37-60(55)67-62)65(49-21-9-3-10-22-49)51-25-13-19-43(31-51)41-15-5-1-6-16-41)39-58-56-36-46-28-30-54(34-48(46)38-61(56)68-63(58)59)66(50-23-11-4-12-24-50)52-26-14-20-44(32-52)42-17-7-2-8-18-42/h1-39H. The lowest BCUT2D eigenvalue weighted by atomic mass is 10.0. The molecule has 318 valence electrons. The lowest BCUT2D eigenvalue weighted by molar-refractivity contribution is 0.654. The first-order valence-electron chi connectivity index (χ1n) is 22.8. The van der Waals surface area contributed by atoms with Gasteiger partial charge in [-0.3, -0.25) is 0 Å². The summed E-state index contributed by atoms with van der Waals surface area (Å²) in [5.74, 6) is 0. The molecule has 2 heterocycles. The van der Waals surface area contributed by atoms with Gasteiger partial charge in [0, 0.05) is 55.7 Å². The van der Waals surface area contributed by atoms with Crippen LogP contribution in [-0.2, 0) is 0 Å². The van der Waals surface area contributed by atoms with Gasteiger partial charge in [-0.05, 0) is 147 Å². The highest BCUT2D eigenvalue weighted by Crippen LogP contribution is 2.45. The molecule has 68 heavy (non-hydrogen) atoms. The topological polar surface area (TPSA) is 56.6 Å². The predicted molar refractivity (Wildman–Crippen MR) is 281 cm³/mol. The van der Waals surface area contributed by atoms with E-state index in [0.717, 1.165) is 88.3 Å². The molecule has 0 radical (unpaired) electrons. The maximum absolute atomic E-state index is 10.8. The molecule has 5 nitrogen and oxygen atoms in total. The second kappa shape index (κ2) is 16.0. The molecule has 0 fully saturated rings. The van der Waals surface area contributed by atoms with E-state index < -0.39 is 0 Å². The molecule has 13 aromatic rings. The maximum atomic E-state index is 10.8. The summed E-state index contributed by atoms with van der Waals surface area (Å²) in [4.78, 5) is 4.58. The molecule has 11 aromatic carbocycles. The second-order valence-corrected chi connectivity index (χ2v) is 17.3. The minimum absolute atomic E-state index is 0.390. The van der Waals surface area contributed by atoms with Crippen molar-refractivity contribution in [2.24, 2.45) is 0 Å². The van der Waals surface area contributed by atoms with Crippen LogP contribution in [0.5, 0.6) is 0 Å². The SMILES string of the molecule is N#Cc1c2oc3cc4cc(N(c5ccccc5)c5cccc(-c6ccccc6)c5)ccc4cc3c2cc2c1oc1cc3cc(N(c4ccccc4)c4cccc(-c5ccccc5)c4)ccc3cc12. The summed E-state index contributed by atoms with van der Waals surface area (Å²) in [7, 11) is 0. The van der Waals surface area contributed by atoms with Crippen LogP contribution in [0.15, 0.2) is 245 Å². The average Bonchev–Trinajstić information content (AvgIpc) is 3.94. The normalized spacial score (nSPS) is 11.5. The average molecular weight is 870 g/mol. The van der Waals surface area contributed by atoms with E-state index in [2.05, 4.69) is 228 Å². The van der Waals surface area contributed by atoms with Crippen LogP contribution in [0, 0.1) is 11.3 Å². The largest absolute Gasteiger partial charge is 0.454 e. The first kappa shape index (κ1) is 39.0. The molecule has 0 amide bonds. The smallest absolute Gasteiger partial charge is 0.157 e. The third kappa shape index (κ3) is 6.63. The number of nitrogens with zero attached hydrogens (tertiary/aromatic N) is 3. The Labute approximate surface area is 392 Å². The van der Waals surface area contributed by atoms with Gasteiger partial charge in [-0.1, -0.05) is 133 Å². The van der Waals surface area contributed by atoms with Crippen LogP contribution in [0.1, 0.15) is 5.56 Å². The van der Waals surface area contributed by atoms with Crippen LogP contribution in [0.4, 0.5) is 34.1 Å². The Morgan fingerprint density at radius 3 is 1.10 bits per heavy atom. The molecule has 0 unspecified atom stereocenters. The fourth-order valence-corrected chi connectivity index (χ4v) is 9.94. The zero-order valence-corrected chi connectivity index (χ0v) is 36.7. The lowest BCUT2D eigenvalue weighted by Crippen LogP contribution is -2.09. The van der Waals surface area contributed by atoms with Gasteiger partial charge < -0.3 is 18.6 Å². The molecule has 5 heteroatoms. The van der Waals surface area contributed by atoms with Gasteiger partial charge in [0.2, 0.25) is 0 Å². The summed E-state index contributed by atoms with van der Waals surface area (Å²) in [6.07, 6.45) is 0. The number of rotatable bonds is 8. The summed E-state index contributed by atoms with van der Waals surface area (Å²) in [5.41, 5.74) is 13.8. The van der Waals surface area contributed by atoms with E-state index in [4.69, 9.17) is 8.83 Å². The number of nitriles is 1. The number of furan rings is 2. The van der Waals surface area contributed by atoms with Gasteiger partial charge in [0.05, 0.1) is 0 Å². The Morgan fingerprint density at radius 1 is 0.294 bits per heavy atom. The van der Waals surface area contributed by atoms with Crippen molar-refractivity contribution in [2.75, 3.05) is 9.80 Å². The number of benzene rings is 11. The van der Waals surface area contributed by atoms with Crippen molar-refractivity contribution in [3.8, 4) is 28.3 Å². The summed E-state index contributed by atoms with van der Waals surface area (Å²) in [5, 5.41) is 18.7. The van der Waals surface area contributed by atoms with Crippen molar-refractivity contribution in [3.05, 3.63) is 242 Å². The zero-order valence-electron chi connectivity index (χ0n) is 36.7. The van der Waals surface area contributed by atoms with E-state index in [0.29, 0.717) is 27.9 Å². The van der Waals surface area contributed by atoms with Gasteiger partial charge in [-0.25, -0.2) is 0 Å². The monoisotopic (exact) mass is 869 g/mol. The molecule has 0 N–H and O–H groups in total. The van der Waals surface area contributed by atoms with Gasteiger partial charge in [0.15, 0.2) is 11.2 Å². The number of hydrogen-bond donors (Lipinski definition) is 0. The summed E-state index contributed by atoms with van der Waals surface area (Å²) < 4.78 is 13.3. The first-order chi connectivity index (χ1) is 33.6. The van der Waals surface area contributed by atoms with E-state index in [1.165, 1.54) is 11.1 Å². The third-order valence-corrected chi connectivity index (χ3v) is 13.2. The molecule has 0 aliphatic heterocycles. The van der Waals surface area contributed by atoms with Crippen molar-refractivity contribution in [1.82, 2.24) is 0 Å². The molecule has 0 atom stereocenters. The minimum Gasteiger partial charge on any atom is -0.454 e. The van der Waals surface area contributed by atoms with Crippen molar-refractivity contribution in [3.63, 3.8) is 0 Å². The van der Waals surface area contributed by atoms with Gasteiger partial charge >= 0.3 is 0 Å². The predicted octanol–water partition coefficient (Wildman–Crippen LogP) is 17.9. The van der Waals surface area contributed by atoms with Gasteiger partial charge in [0.1, 0.15) is 22.8 Å². The molecule has 2 aromatic heterocycles. The fraction of sp³-hybridized carbons (Fsp3) is 0. The summed E-state index contributed by atoms with van der Waals surface area (Å²) >= 11 is 0. The zero-order chi connectivity index (χ0) is 45.1. The van der Waals surface area contributed by atoms with Crippen LogP contribution in [0.3, 0.4) is 0 Å². The summed E-state index contributed by atoms with van der Waals surface area (Å²) in [6.45, 7) is 0. The van der Waals surface area contributed by atoms with Crippen molar-refractivity contribution < 1.29 is 8.83 Å². The van der Waals surface area contributed by atoms with E-state index in [1.54, 1.807) is 0 Å². The lowest BCUT2D eigenvalue weighted by Gasteiger charge is -2.26. The molecule has 0 spiro atoms. The first-order valence-corrected chi connectivity index (χ1v) is 22.8. The van der Waals surface area contributed by atoms with Crippen LogP contribution in [-0.4, -0.2) is 0 Å². The van der Waals surface area contributed by atoms with Crippen molar-refractivity contribution in [2.45, 2.75) is 0 Å². The molecule has 0 aliphatic rings. The molecular formula is C63H39N3O2. The Bertz CT molecular complexity index is 3840. The summed E-state index contributed by atoms with van der Waals surface area (Å²) in [6, 6.07) is 85.5. The van der Waals surface area contributed by atoms with E-state index in [9.17, 15) is 5.26 Å². The molecule has 13 rings (SSSR count). The van der Waals surface area contributed by atoms with Crippen molar-refractivity contribution in [1.29, 1.82) is 5.26 Å². The Morgan fingerprint density at radius 2 is 0.676 bits per heavy atom. The molecule has 0 saturated heterocycles. The van der Waals surface area contributed by atoms with Crippen LogP contribution in [0.2, 0.25) is 0 Å². The second-order valence-electron chi connectivity index (χ2n) is 17.3. The van der Waals surface area contributed by atoms with Gasteiger partial charge in [-0.2, -0.15) is 5.26 Å². The maximum Gasteiger partial charge on any atom is 0.157 e. The van der Waals surface area contributed by atoms with Gasteiger partial charge in [0.25, 0.3) is 0 Å². The Kier molecular flexibility index (Phi) is 9.16. The minimum atomic E-state index is 0.390. The molecule has 0 aliphatic carbocycles. The highest BCUT2D eigenvalue weighted by atomic mass is 16.3. The highest BCUT2D eigenvalue weighted by Gasteiger charge is 2.22. The van der Waals surface area contributed by atoms with Crippen LogP contribution in [0.25, 0.3) is 87.7 Å². The number of para-hydroxylation sites is 2. The molecular weight excluding hydrogens is 831 g/mol. The van der Waals surface area contributed by atoms with Crippen LogP contribution >= 0.6 is 0 Å².